The lowest BCUT2D eigenvalue weighted by Gasteiger charge is -2.39. The van der Waals surface area contributed by atoms with Gasteiger partial charge in [0.25, 0.3) is 0 Å². The van der Waals surface area contributed by atoms with Crippen molar-refractivity contribution < 1.29 is 5.11 Å². The van der Waals surface area contributed by atoms with Gasteiger partial charge in [0, 0.05) is 6.61 Å². The number of hydrogen-bond donors (Lipinski definition) is 1. The molecule has 16 heavy (non-hydrogen) atoms. The minimum absolute atomic E-state index is 0.407. The lowest BCUT2D eigenvalue weighted by molar-refractivity contribution is 0.0974. The van der Waals surface area contributed by atoms with Crippen molar-refractivity contribution in [3.8, 4) is 0 Å². The van der Waals surface area contributed by atoms with Crippen LogP contribution in [0.1, 0.15) is 59.8 Å². The molecule has 0 bridgehead atoms. The Bertz CT molecular complexity index is 254. The second-order valence-corrected chi connectivity index (χ2v) is 7.39. The van der Waals surface area contributed by atoms with Crippen LogP contribution in [0, 0.1) is 28.6 Å². The van der Waals surface area contributed by atoms with Crippen LogP contribution in [0.4, 0.5) is 0 Å². The quantitative estimate of drug-likeness (QED) is 0.717. The summed E-state index contributed by atoms with van der Waals surface area (Å²) in [4.78, 5) is 0. The SMILES string of the molecule is CC1(C)CC2CC(CO)CCCC2C1(C)C. The molecule has 0 aromatic heterocycles. The highest BCUT2D eigenvalue weighted by Crippen LogP contribution is 2.61. The minimum Gasteiger partial charge on any atom is -0.396 e. The predicted molar refractivity (Wildman–Crippen MR) is 68.2 cm³/mol. The van der Waals surface area contributed by atoms with Crippen molar-refractivity contribution in [2.45, 2.75) is 59.8 Å². The number of fused-ring (bicyclic) bond motifs is 1. The minimum atomic E-state index is 0.407. The molecule has 1 heteroatoms. The monoisotopic (exact) mass is 224 g/mol. The van der Waals surface area contributed by atoms with Crippen LogP contribution in [0.15, 0.2) is 0 Å². The fraction of sp³-hybridized carbons (Fsp3) is 1.00. The normalized spacial score (nSPS) is 41.4. The van der Waals surface area contributed by atoms with E-state index in [2.05, 4.69) is 27.7 Å². The highest BCUT2D eigenvalue weighted by atomic mass is 16.3. The van der Waals surface area contributed by atoms with Crippen LogP contribution < -0.4 is 0 Å². The Morgan fingerprint density at radius 2 is 1.81 bits per heavy atom. The maximum atomic E-state index is 9.40. The van der Waals surface area contributed by atoms with Gasteiger partial charge in [0.15, 0.2) is 0 Å². The Morgan fingerprint density at radius 1 is 1.12 bits per heavy atom. The van der Waals surface area contributed by atoms with Gasteiger partial charge in [-0.1, -0.05) is 34.1 Å². The van der Waals surface area contributed by atoms with Gasteiger partial charge in [-0.3, -0.25) is 0 Å². The summed E-state index contributed by atoms with van der Waals surface area (Å²) in [5.74, 6) is 2.34. The molecule has 2 aliphatic rings. The van der Waals surface area contributed by atoms with Crippen LogP contribution in [-0.4, -0.2) is 11.7 Å². The van der Waals surface area contributed by atoms with Crippen LogP contribution in [0.3, 0.4) is 0 Å². The van der Waals surface area contributed by atoms with Crippen molar-refractivity contribution in [3.63, 3.8) is 0 Å². The fourth-order valence-corrected chi connectivity index (χ4v) is 4.33. The molecular formula is C15H28O. The van der Waals surface area contributed by atoms with Crippen molar-refractivity contribution in [1.82, 2.24) is 0 Å². The summed E-state index contributed by atoms with van der Waals surface area (Å²) in [7, 11) is 0. The maximum absolute atomic E-state index is 9.40. The van der Waals surface area contributed by atoms with E-state index >= 15 is 0 Å². The van der Waals surface area contributed by atoms with E-state index in [0.29, 0.717) is 23.4 Å². The summed E-state index contributed by atoms with van der Waals surface area (Å²) in [5.41, 5.74) is 0.946. The molecule has 2 saturated carbocycles. The van der Waals surface area contributed by atoms with Gasteiger partial charge >= 0.3 is 0 Å². The number of aliphatic hydroxyl groups is 1. The first-order chi connectivity index (χ1) is 7.38. The van der Waals surface area contributed by atoms with Gasteiger partial charge < -0.3 is 5.11 Å². The lowest BCUT2D eigenvalue weighted by atomic mass is 9.66. The van der Waals surface area contributed by atoms with Crippen molar-refractivity contribution in [2.75, 3.05) is 6.61 Å². The summed E-state index contributed by atoms with van der Waals surface area (Å²) < 4.78 is 0. The van der Waals surface area contributed by atoms with E-state index in [1.165, 1.54) is 32.1 Å². The molecule has 2 rings (SSSR count). The lowest BCUT2D eigenvalue weighted by Crippen LogP contribution is -2.32. The predicted octanol–water partition coefficient (Wildman–Crippen LogP) is 3.86. The molecule has 0 spiro atoms. The molecule has 0 saturated heterocycles. The first kappa shape index (κ1) is 12.4. The first-order valence-electron chi connectivity index (χ1n) is 6.99. The van der Waals surface area contributed by atoms with E-state index in [-0.39, 0.29) is 0 Å². The third kappa shape index (κ3) is 1.81. The van der Waals surface area contributed by atoms with Crippen molar-refractivity contribution in [1.29, 1.82) is 0 Å². The third-order valence-corrected chi connectivity index (χ3v) is 6.03. The molecule has 0 aromatic rings. The Balaban J connectivity index is 2.19. The van der Waals surface area contributed by atoms with E-state index in [0.717, 1.165) is 11.8 Å². The van der Waals surface area contributed by atoms with E-state index in [9.17, 15) is 5.11 Å². The Labute approximate surface area is 101 Å². The smallest absolute Gasteiger partial charge is 0.0459 e. The molecule has 0 aromatic carbocycles. The van der Waals surface area contributed by atoms with Gasteiger partial charge in [-0.05, 0) is 54.3 Å². The van der Waals surface area contributed by atoms with Crippen LogP contribution in [0.25, 0.3) is 0 Å². The average molecular weight is 224 g/mol. The Morgan fingerprint density at radius 3 is 2.44 bits per heavy atom. The van der Waals surface area contributed by atoms with E-state index in [1.54, 1.807) is 0 Å². The molecule has 0 aliphatic heterocycles. The summed E-state index contributed by atoms with van der Waals surface area (Å²) in [5, 5.41) is 9.40. The zero-order chi connectivity index (χ0) is 12.0. The zero-order valence-electron chi connectivity index (χ0n) is 11.4. The van der Waals surface area contributed by atoms with Crippen molar-refractivity contribution in [2.24, 2.45) is 28.6 Å². The van der Waals surface area contributed by atoms with Crippen molar-refractivity contribution >= 4 is 0 Å². The van der Waals surface area contributed by atoms with Crippen molar-refractivity contribution in [3.05, 3.63) is 0 Å². The summed E-state index contributed by atoms with van der Waals surface area (Å²) >= 11 is 0. The highest BCUT2D eigenvalue weighted by Gasteiger charge is 2.53. The van der Waals surface area contributed by atoms with Gasteiger partial charge in [-0.2, -0.15) is 0 Å². The first-order valence-corrected chi connectivity index (χ1v) is 6.99. The molecule has 0 heterocycles. The second kappa shape index (κ2) is 4.01. The number of aliphatic hydroxyl groups excluding tert-OH is 1. The Kier molecular flexibility index (Phi) is 3.11. The van der Waals surface area contributed by atoms with Gasteiger partial charge in [0.1, 0.15) is 0 Å². The van der Waals surface area contributed by atoms with Gasteiger partial charge in [0.2, 0.25) is 0 Å². The molecule has 0 amide bonds. The Hall–Kier alpha value is -0.0400. The number of rotatable bonds is 1. The molecule has 94 valence electrons. The molecule has 2 fully saturated rings. The molecule has 3 unspecified atom stereocenters. The summed E-state index contributed by atoms with van der Waals surface area (Å²) in [6.45, 7) is 10.2. The van der Waals surface area contributed by atoms with Crippen LogP contribution in [0.2, 0.25) is 0 Å². The molecule has 0 radical (unpaired) electrons. The van der Waals surface area contributed by atoms with E-state index in [1.807, 2.05) is 0 Å². The highest BCUT2D eigenvalue weighted by molar-refractivity contribution is 5.03. The zero-order valence-corrected chi connectivity index (χ0v) is 11.4. The van der Waals surface area contributed by atoms with E-state index in [4.69, 9.17) is 0 Å². The molecule has 1 nitrogen and oxygen atoms in total. The standard InChI is InChI=1S/C15H28O/c1-14(2)9-12-8-11(10-16)6-5-7-13(12)15(14,3)4/h11-13,16H,5-10H2,1-4H3. The molecular weight excluding hydrogens is 196 g/mol. The third-order valence-electron chi connectivity index (χ3n) is 6.03. The molecule has 3 atom stereocenters. The fourth-order valence-electron chi connectivity index (χ4n) is 4.33. The summed E-state index contributed by atoms with van der Waals surface area (Å²) in [6, 6.07) is 0. The van der Waals surface area contributed by atoms with Gasteiger partial charge in [0.05, 0.1) is 0 Å². The van der Waals surface area contributed by atoms with Gasteiger partial charge in [-0.15, -0.1) is 0 Å². The average Bonchev–Trinajstić information content (AvgIpc) is 2.37. The van der Waals surface area contributed by atoms with Crippen LogP contribution >= 0.6 is 0 Å². The summed E-state index contributed by atoms with van der Waals surface area (Å²) in [6.07, 6.45) is 6.60. The topological polar surface area (TPSA) is 20.2 Å². The maximum Gasteiger partial charge on any atom is 0.0459 e. The second-order valence-electron chi connectivity index (χ2n) is 7.39. The molecule has 2 aliphatic carbocycles. The number of hydrogen-bond acceptors (Lipinski definition) is 1. The van der Waals surface area contributed by atoms with Gasteiger partial charge in [-0.25, -0.2) is 0 Å². The van der Waals surface area contributed by atoms with E-state index < -0.39 is 0 Å². The molecule has 1 N–H and O–H groups in total. The van der Waals surface area contributed by atoms with Crippen LogP contribution in [-0.2, 0) is 0 Å². The van der Waals surface area contributed by atoms with Crippen LogP contribution in [0.5, 0.6) is 0 Å². The largest absolute Gasteiger partial charge is 0.396 e.